The van der Waals surface area contributed by atoms with E-state index < -0.39 is 5.60 Å². The van der Waals surface area contributed by atoms with E-state index >= 15 is 0 Å². The first kappa shape index (κ1) is 10.4. The zero-order valence-corrected chi connectivity index (χ0v) is 8.86. The van der Waals surface area contributed by atoms with Gasteiger partial charge in [0.05, 0.1) is 6.61 Å². The largest absolute Gasteiger partial charge is 0.386 e. The maximum Gasteiger partial charge on any atom is 0.128 e. The van der Waals surface area contributed by atoms with Crippen LogP contribution in [-0.2, 0) is 4.74 Å². The molecule has 2 heterocycles. The minimum absolute atomic E-state index is 0.409. The van der Waals surface area contributed by atoms with Crippen molar-refractivity contribution in [1.82, 2.24) is 4.98 Å². The van der Waals surface area contributed by atoms with E-state index in [2.05, 4.69) is 10.3 Å². The lowest BCUT2D eigenvalue weighted by molar-refractivity contribution is 0.0381. The maximum atomic E-state index is 10.0. The summed E-state index contributed by atoms with van der Waals surface area (Å²) in [6.07, 6.45) is 2.43. The van der Waals surface area contributed by atoms with E-state index in [0.29, 0.717) is 26.2 Å². The second-order valence-electron chi connectivity index (χ2n) is 4.05. The summed E-state index contributed by atoms with van der Waals surface area (Å²) in [6.45, 7) is 3.53. The topological polar surface area (TPSA) is 54.4 Å². The van der Waals surface area contributed by atoms with Crippen molar-refractivity contribution in [2.45, 2.75) is 18.9 Å². The first-order valence-corrected chi connectivity index (χ1v) is 5.15. The first-order valence-electron chi connectivity index (χ1n) is 5.15. The minimum atomic E-state index is -0.732. The number of ether oxygens (including phenoxy) is 1. The molecule has 1 aliphatic rings. The SMILES string of the molecule is Cc1cccnc1NCC1(O)CCOC1. The number of hydrogen-bond acceptors (Lipinski definition) is 4. The van der Waals surface area contributed by atoms with E-state index in [1.165, 1.54) is 0 Å². The van der Waals surface area contributed by atoms with Crippen LogP contribution in [0.2, 0.25) is 0 Å². The summed E-state index contributed by atoms with van der Waals surface area (Å²) in [5.74, 6) is 0.831. The Bertz CT molecular complexity index is 335. The number of pyridine rings is 1. The number of aliphatic hydroxyl groups is 1. The van der Waals surface area contributed by atoms with Crippen molar-refractivity contribution < 1.29 is 9.84 Å². The highest BCUT2D eigenvalue weighted by atomic mass is 16.5. The first-order chi connectivity index (χ1) is 7.20. The van der Waals surface area contributed by atoms with Gasteiger partial charge in [0.2, 0.25) is 0 Å². The Morgan fingerprint density at radius 2 is 2.53 bits per heavy atom. The van der Waals surface area contributed by atoms with Crippen LogP contribution < -0.4 is 5.32 Å². The van der Waals surface area contributed by atoms with Gasteiger partial charge in [0.25, 0.3) is 0 Å². The smallest absolute Gasteiger partial charge is 0.128 e. The number of anilines is 1. The Hall–Kier alpha value is -1.13. The predicted molar refractivity (Wildman–Crippen MR) is 57.8 cm³/mol. The van der Waals surface area contributed by atoms with Crippen molar-refractivity contribution in [2.75, 3.05) is 25.1 Å². The van der Waals surface area contributed by atoms with Gasteiger partial charge in [0, 0.05) is 25.8 Å². The van der Waals surface area contributed by atoms with Crippen LogP contribution in [0, 0.1) is 6.92 Å². The molecule has 1 aliphatic heterocycles. The van der Waals surface area contributed by atoms with Crippen LogP contribution in [0.15, 0.2) is 18.3 Å². The van der Waals surface area contributed by atoms with Gasteiger partial charge in [-0.25, -0.2) is 4.98 Å². The second kappa shape index (κ2) is 4.16. The van der Waals surface area contributed by atoms with Crippen molar-refractivity contribution in [1.29, 1.82) is 0 Å². The van der Waals surface area contributed by atoms with Crippen molar-refractivity contribution in [3.05, 3.63) is 23.9 Å². The average Bonchev–Trinajstić information content (AvgIpc) is 2.65. The van der Waals surface area contributed by atoms with Crippen molar-refractivity contribution in [3.63, 3.8) is 0 Å². The standard InChI is InChI=1S/C11H16N2O2/c1-9-3-2-5-12-10(9)13-7-11(14)4-6-15-8-11/h2-3,5,14H,4,6-8H2,1H3,(H,12,13). The number of nitrogens with one attached hydrogen (secondary N) is 1. The van der Waals surface area contributed by atoms with Gasteiger partial charge in [-0.3, -0.25) is 0 Å². The second-order valence-corrected chi connectivity index (χ2v) is 4.05. The van der Waals surface area contributed by atoms with Gasteiger partial charge < -0.3 is 15.2 Å². The molecule has 1 aromatic rings. The third-order valence-electron chi connectivity index (χ3n) is 2.68. The molecule has 82 valence electrons. The van der Waals surface area contributed by atoms with Crippen LogP contribution >= 0.6 is 0 Å². The highest BCUT2D eigenvalue weighted by molar-refractivity contribution is 5.42. The van der Waals surface area contributed by atoms with E-state index in [-0.39, 0.29) is 0 Å². The molecule has 15 heavy (non-hydrogen) atoms. The molecule has 0 amide bonds. The van der Waals surface area contributed by atoms with Gasteiger partial charge >= 0.3 is 0 Å². The molecule has 0 radical (unpaired) electrons. The van der Waals surface area contributed by atoms with Crippen LogP contribution in [-0.4, -0.2) is 35.5 Å². The monoisotopic (exact) mass is 208 g/mol. The lowest BCUT2D eigenvalue weighted by Gasteiger charge is -2.21. The number of hydrogen-bond donors (Lipinski definition) is 2. The van der Waals surface area contributed by atoms with Crippen LogP contribution in [0.4, 0.5) is 5.82 Å². The fraction of sp³-hybridized carbons (Fsp3) is 0.545. The van der Waals surface area contributed by atoms with E-state index in [1.54, 1.807) is 6.20 Å². The zero-order valence-electron chi connectivity index (χ0n) is 8.86. The van der Waals surface area contributed by atoms with Gasteiger partial charge in [-0.2, -0.15) is 0 Å². The summed E-state index contributed by atoms with van der Waals surface area (Å²) >= 11 is 0. The normalized spacial score (nSPS) is 25.5. The number of aromatic nitrogens is 1. The molecule has 0 bridgehead atoms. The predicted octanol–water partition coefficient (Wildman–Crippen LogP) is 0.953. The number of rotatable bonds is 3. The quantitative estimate of drug-likeness (QED) is 0.776. The molecule has 0 spiro atoms. The van der Waals surface area contributed by atoms with Gasteiger partial charge in [-0.1, -0.05) is 6.07 Å². The Morgan fingerprint density at radius 1 is 1.67 bits per heavy atom. The molecule has 1 saturated heterocycles. The number of nitrogens with zero attached hydrogens (tertiary/aromatic N) is 1. The average molecular weight is 208 g/mol. The molecule has 1 unspecified atom stereocenters. The van der Waals surface area contributed by atoms with Crippen molar-refractivity contribution in [3.8, 4) is 0 Å². The fourth-order valence-corrected chi connectivity index (χ4v) is 1.65. The molecule has 1 aromatic heterocycles. The summed E-state index contributed by atoms with van der Waals surface area (Å²) in [7, 11) is 0. The summed E-state index contributed by atoms with van der Waals surface area (Å²) in [6, 6.07) is 3.89. The zero-order chi connectivity index (χ0) is 10.7. The summed E-state index contributed by atoms with van der Waals surface area (Å²) in [5, 5.41) is 13.2. The lowest BCUT2D eigenvalue weighted by atomic mass is 10.0. The molecule has 4 nitrogen and oxygen atoms in total. The highest BCUT2D eigenvalue weighted by Gasteiger charge is 2.32. The Kier molecular flexibility index (Phi) is 2.88. The Balaban J connectivity index is 1.95. The fourth-order valence-electron chi connectivity index (χ4n) is 1.65. The molecule has 0 aliphatic carbocycles. The van der Waals surface area contributed by atoms with E-state index in [1.807, 2.05) is 19.1 Å². The summed E-state index contributed by atoms with van der Waals surface area (Å²) in [5.41, 5.74) is 0.351. The van der Waals surface area contributed by atoms with Crippen LogP contribution in [0.1, 0.15) is 12.0 Å². The summed E-state index contributed by atoms with van der Waals surface area (Å²) in [4.78, 5) is 4.21. The lowest BCUT2D eigenvalue weighted by Crippen LogP contribution is -2.37. The van der Waals surface area contributed by atoms with Gasteiger partial charge in [-0.15, -0.1) is 0 Å². The highest BCUT2D eigenvalue weighted by Crippen LogP contribution is 2.19. The third kappa shape index (κ3) is 2.46. The van der Waals surface area contributed by atoms with Crippen LogP contribution in [0.25, 0.3) is 0 Å². The third-order valence-corrected chi connectivity index (χ3v) is 2.68. The number of aryl methyl sites for hydroxylation is 1. The van der Waals surface area contributed by atoms with Crippen molar-refractivity contribution in [2.24, 2.45) is 0 Å². The van der Waals surface area contributed by atoms with E-state index in [4.69, 9.17) is 4.74 Å². The van der Waals surface area contributed by atoms with Crippen LogP contribution in [0.5, 0.6) is 0 Å². The molecule has 4 heteroatoms. The van der Waals surface area contributed by atoms with Gasteiger partial charge in [-0.05, 0) is 18.6 Å². The Labute approximate surface area is 89.3 Å². The van der Waals surface area contributed by atoms with Crippen LogP contribution in [0.3, 0.4) is 0 Å². The molecule has 2 N–H and O–H groups in total. The maximum absolute atomic E-state index is 10.0. The Morgan fingerprint density at radius 3 is 3.20 bits per heavy atom. The molecule has 2 rings (SSSR count). The molecule has 0 aromatic carbocycles. The molecular weight excluding hydrogens is 192 g/mol. The molecule has 1 atom stereocenters. The molecule has 1 fully saturated rings. The van der Waals surface area contributed by atoms with Gasteiger partial charge in [0.15, 0.2) is 0 Å². The van der Waals surface area contributed by atoms with Crippen molar-refractivity contribution >= 4 is 5.82 Å². The van der Waals surface area contributed by atoms with E-state index in [9.17, 15) is 5.11 Å². The summed E-state index contributed by atoms with van der Waals surface area (Å²) < 4.78 is 5.17. The van der Waals surface area contributed by atoms with E-state index in [0.717, 1.165) is 11.4 Å². The molecular formula is C11H16N2O2. The van der Waals surface area contributed by atoms with Gasteiger partial charge in [0.1, 0.15) is 11.4 Å². The minimum Gasteiger partial charge on any atom is -0.386 e. The molecule has 0 saturated carbocycles.